The van der Waals surface area contributed by atoms with Gasteiger partial charge in [-0.3, -0.25) is 9.88 Å². The minimum Gasteiger partial charge on any atom is -0.368 e. The lowest BCUT2D eigenvalue weighted by Gasteiger charge is -2.36. The lowest BCUT2D eigenvalue weighted by Crippen LogP contribution is -2.42. The topological polar surface area (TPSA) is 64.3 Å². The zero-order chi connectivity index (χ0) is 17.1. The average molecular weight is 336 g/mol. The highest BCUT2D eigenvalue weighted by Gasteiger charge is 2.27. The molecule has 0 spiro atoms. The van der Waals surface area contributed by atoms with E-state index in [0.29, 0.717) is 18.3 Å². The zero-order valence-corrected chi connectivity index (χ0v) is 14.1. The molecule has 6 heteroatoms. The fraction of sp³-hybridized carbons (Fsp3) is 0.316. The Bertz CT molecular complexity index is 807. The molecule has 1 aliphatic heterocycles. The van der Waals surface area contributed by atoms with Crippen molar-refractivity contribution in [1.82, 2.24) is 20.0 Å². The Morgan fingerprint density at radius 1 is 1.12 bits per heavy atom. The number of hydrogen-bond acceptors (Lipinski definition) is 6. The Morgan fingerprint density at radius 3 is 2.80 bits per heavy atom. The van der Waals surface area contributed by atoms with E-state index in [0.717, 1.165) is 18.7 Å². The summed E-state index contributed by atoms with van der Waals surface area (Å²) in [6.45, 7) is 4.36. The maximum atomic E-state index is 6.10. The van der Waals surface area contributed by atoms with E-state index in [1.54, 1.807) is 12.4 Å². The van der Waals surface area contributed by atoms with Crippen molar-refractivity contribution in [3.05, 3.63) is 66.3 Å². The molecule has 0 saturated carbocycles. The number of nitrogens with zero attached hydrogens (tertiary/aromatic N) is 4. The smallest absolute Gasteiger partial charge is 0.241 e. The van der Waals surface area contributed by atoms with Crippen LogP contribution >= 0.6 is 0 Å². The van der Waals surface area contributed by atoms with E-state index < -0.39 is 0 Å². The number of hydrogen-bond donors (Lipinski definition) is 0. The molecule has 0 unspecified atom stereocenters. The van der Waals surface area contributed by atoms with Crippen LogP contribution in [0.4, 0.5) is 0 Å². The molecule has 0 radical (unpaired) electrons. The van der Waals surface area contributed by atoms with Crippen molar-refractivity contribution in [3.8, 4) is 11.4 Å². The Hall–Kier alpha value is -2.57. The Kier molecular flexibility index (Phi) is 4.54. The van der Waals surface area contributed by atoms with Crippen molar-refractivity contribution in [2.45, 2.75) is 25.7 Å². The van der Waals surface area contributed by atoms with Gasteiger partial charge in [0.05, 0.1) is 18.8 Å². The molecule has 0 aliphatic carbocycles. The lowest BCUT2D eigenvalue weighted by molar-refractivity contribution is -0.0832. The third-order valence-electron chi connectivity index (χ3n) is 4.25. The molecule has 128 valence electrons. The van der Waals surface area contributed by atoms with E-state index in [4.69, 9.17) is 9.26 Å². The van der Waals surface area contributed by atoms with Gasteiger partial charge in [0.25, 0.3) is 0 Å². The van der Waals surface area contributed by atoms with Crippen LogP contribution in [0, 0.1) is 0 Å². The fourth-order valence-corrected chi connectivity index (χ4v) is 3.14. The van der Waals surface area contributed by atoms with E-state index in [9.17, 15) is 0 Å². The summed E-state index contributed by atoms with van der Waals surface area (Å²) < 4.78 is 11.5. The number of pyridine rings is 1. The molecule has 2 atom stereocenters. The summed E-state index contributed by atoms with van der Waals surface area (Å²) in [5.41, 5.74) is 2.05. The third kappa shape index (κ3) is 3.75. The van der Waals surface area contributed by atoms with Crippen molar-refractivity contribution in [1.29, 1.82) is 0 Å². The van der Waals surface area contributed by atoms with E-state index in [2.05, 4.69) is 39.1 Å². The SMILES string of the molecule is C[C@@H]1CN(Cc2nc(-c3cccnc3)no2)C[C@H](c2ccccc2)O1. The zero-order valence-electron chi connectivity index (χ0n) is 14.1. The van der Waals surface area contributed by atoms with Gasteiger partial charge >= 0.3 is 0 Å². The predicted octanol–water partition coefficient (Wildman–Crippen LogP) is 3.09. The Balaban J connectivity index is 1.46. The highest BCUT2D eigenvalue weighted by molar-refractivity contribution is 5.51. The summed E-state index contributed by atoms with van der Waals surface area (Å²) >= 11 is 0. The number of rotatable bonds is 4. The molecular weight excluding hydrogens is 316 g/mol. The highest BCUT2D eigenvalue weighted by Crippen LogP contribution is 2.26. The summed E-state index contributed by atoms with van der Waals surface area (Å²) in [7, 11) is 0. The number of benzene rings is 1. The van der Waals surface area contributed by atoms with E-state index in [1.165, 1.54) is 5.56 Å². The molecule has 3 aromatic rings. The van der Waals surface area contributed by atoms with Crippen molar-refractivity contribution in [2.75, 3.05) is 13.1 Å². The van der Waals surface area contributed by atoms with Crippen LogP contribution < -0.4 is 0 Å². The highest BCUT2D eigenvalue weighted by atomic mass is 16.5. The van der Waals surface area contributed by atoms with Gasteiger partial charge in [0.2, 0.25) is 11.7 Å². The van der Waals surface area contributed by atoms with E-state index in [-0.39, 0.29) is 12.2 Å². The van der Waals surface area contributed by atoms with Crippen LogP contribution in [0.5, 0.6) is 0 Å². The van der Waals surface area contributed by atoms with Crippen molar-refractivity contribution in [2.24, 2.45) is 0 Å². The molecule has 1 fully saturated rings. The van der Waals surface area contributed by atoms with E-state index >= 15 is 0 Å². The second-order valence-electron chi connectivity index (χ2n) is 6.29. The molecule has 4 rings (SSSR count). The maximum absolute atomic E-state index is 6.10. The van der Waals surface area contributed by atoms with Crippen LogP contribution in [0.2, 0.25) is 0 Å². The second-order valence-corrected chi connectivity index (χ2v) is 6.29. The van der Waals surface area contributed by atoms with Crippen LogP contribution in [0.15, 0.2) is 59.4 Å². The largest absolute Gasteiger partial charge is 0.368 e. The fourth-order valence-electron chi connectivity index (χ4n) is 3.14. The molecule has 1 aliphatic rings. The van der Waals surface area contributed by atoms with Gasteiger partial charge in [-0.15, -0.1) is 0 Å². The number of aromatic nitrogens is 3. The molecule has 0 amide bonds. The quantitative estimate of drug-likeness (QED) is 0.729. The summed E-state index contributed by atoms with van der Waals surface area (Å²) in [5.74, 6) is 1.18. The van der Waals surface area contributed by atoms with Crippen LogP contribution in [0.3, 0.4) is 0 Å². The summed E-state index contributed by atoms with van der Waals surface area (Å²) in [6, 6.07) is 14.1. The molecular formula is C19H20N4O2. The lowest BCUT2D eigenvalue weighted by atomic mass is 10.1. The standard InChI is InChI=1S/C19H20N4O2/c1-14-11-23(12-17(24-14)15-6-3-2-4-7-15)13-18-21-19(22-25-18)16-8-5-9-20-10-16/h2-10,14,17H,11-13H2,1H3/t14-,17-/m1/s1. The van der Waals surface area contributed by atoms with Gasteiger partial charge < -0.3 is 9.26 Å². The van der Waals surface area contributed by atoms with Gasteiger partial charge in [-0.25, -0.2) is 0 Å². The first kappa shape index (κ1) is 15.9. The first-order valence-corrected chi connectivity index (χ1v) is 8.43. The average Bonchev–Trinajstić information content (AvgIpc) is 3.11. The number of morpholine rings is 1. The monoisotopic (exact) mass is 336 g/mol. The van der Waals surface area contributed by atoms with E-state index in [1.807, 2.05) is 30.3 Å². The van der Waals surface area contributed by atoms with Gasteiger partial charge in [0.15, 0.2) is 0 Å². The second kappa shape index (κ2) is 7.13. The first-order valence-electron chi connectivity index (χ1n) is 8.43. The van der Waals surface area contributed by atoms with Crippen molar-refractivity contribution >= 4 is 0 Å². The first-order chi connectivity index (χ1) is 12.3. The molecule has 0 bridgehead atoms. The maximum Gasteiger partial charge on any atom is 0.241 e. The van der Waals surface area contributed by atoms with Gasteiger partial charge in [0, 0.05) is 31.0 Å². The van der Waals surface area contributed by atoms with Crippen LogP contribution in [-0.2, 0) is 11.3 Å². The molecule has 0 N–H and O–H groups in total. The molecule has 1 saturated heterocycles. The molecule has 1 aromatic carbocycles. The summed E-state index contributed by atoms with van der Waals surface area (Å²) in [4.78, 5) is 10.9. The summed E-state index contributed by atoms with van der Waals surface area (Å²) in [5, 5.41) is 4.06. The summed E-state index contributed by atoms with van der Waals surface area (Å²) in [6.07, 6.45) is 3.67. The minimum atomic E-state index is 0.0608. The third-order valence-corrected chi connectivity index (χ3v) is 4.25. The van der Waals surface area contributed by atoms with Crippen LogP contribution in [-0.4, -0.2) is 39.2 Å². The van der Waals surface area contributed by atoms with Gasteiger partial charge in [-0.05, 0) is 24.6 Å². The molecule has 25 heavy (non-hydrogen) atoms. The Morgan fingerprint density at radius 2 is 2.00 bits per heavy atom. The normalized spacial score (nSPS) is 21.3. The number of ether oxygens (including phenoxy) is 1. The van der Waals surface area contributed by atoms with Crippen molar-refractivity contribution < 1.29 is 9.26 Å². The molecule has 6 nitrogen and oxygen atoms in total. The van der Waals surface area contributed by atoms with Gasteiger partial charge in [-0.2, -0.15) is 4.98 Å². The van der Waals surface area contributed by atoms with Gasteiger partial charge in [0.1, 0.15) is 0 Å². The minimum absolute atomic E-state index is 0.0608. The van der Waals surface area contributed by atoms with Gasteiger partial charge in [-0.1, -0.05) is 35.5 Å². The van der Waals surface area contributed by atoms with Crippen molar-refractivity contribution in [3.63, 3.8) is 0 Å². The molecule has 2 aromatic heterocycles. The predicted molar refractivity (Wildman–Crippen MR) is 92.5 cm³/mol. The van der Waals surface area contributed by atoms with Crippen LogP contribution in [0.1, 0.15) is 24.5 Å². The molecule has 3 heterocycles. The Labute approximate surface area is 146 Å². The van der Waals surface area contributed by atoms with Crippen LogP contribution in [0.25, 0.3) is 11.4 Å².